The highest BCUT2D eigenvalue weighted by Crippen LogP contribution is 2.23. The average molecular weight is 283 g/mol. The summed E-state index contributed by atoms with van der Waals surface area (Å²) in [5.74, 6) is 0.286. The van der Waals surface area contributed by atoms with Crippen molar-refractivity contribution in [3.05, 3.63) is 0 Å². The van der Waals surface area contributed by atoms with Gasteiger partial charge in [-0.25, -0.2) is 0 Å². The molecule has 0 spiro atoms. The van der Waals surface area contributed by atoms with E-state index in [0.29, 0.717) is 13.1 Å². The molecule has 1 aliphatic heterocycles. The van der Waals surface area contributed by atoms with Crippen molar-refractivity contribution in [2.45, 2.75) is 64.8 Å². The van der Waals surface area contributed by atoms with Gasteiger partial charge in [0, 0.05) is 25.2 Å². The van der Waals surface area contributed by atoms with Gasteiger partial charge in [-0.15, -0.1) is 0 Å². The Balaban J connectivity index is 2.68. The maximum Gasteiger partial charge on any atom is 0.236 e. The second kappa shape index (κ2) is 8.63. The molecule has 118 valence electrons. The fraction of sp³-hybridized carbons (Fsp3) is 0.938. The molecule has 4 heteroatoms. The van der Waals surface area contributed by atoms with E-state index in [-0.39, 0.29) is 11.4 Å². The summed E-state index contributed by atoms with van der Waals surface area (Å²) in [6.45, 7) is 10.4. The maximum absolute atomic E-state index is 12.6. The first-order valence-corrected chi connectivity index (χ1v) is 8.36. The van der Waals surface area contributed by atoms with E-state index < -0.39 is 0 Å². The Bertz CT molecular complexity index is 273. The summed E-state index contributed by atoms with van der Waals surface area (Å²) in [7, 11) is 0. The predicted octanol–water partition coefficient (Wildman–Crippen LogP) is 2.23. The number of likely N-dealkylation sites (N-methyl/N-ethyl adjacent to an activating group) is 1. The summed E-state index contributed by atoms with van der Waals surface area (Å²) in [4.78, 5) is 16.9. The zero-order chi connectivity index (χ0) is 15.0. The summed E-state index contributed by atoms with van der Waals surface area (Å²) >= 11 is 0. The fourth-order valence-electron chi connectivity index (χ4n) is 3.31. The van der Waals surface area contributed by atoms with Crippen LogP contribution in [-0.4, -0.2) is 54.0 Å². The highest BCUT2D eigenvalue weighted by Gasteiger charge is 2.33. The second-order valence-electron chi connectivity index (χ2n) is 5.94. The average Bonchev–Trinajstić information content (AvgIpc) is 2.77. The van der Waals surface area contributed by atoms with Crippen LogP contribution in [0, 0.1) is 0 Å². The minimum atomic E-state index is -0.0176. The van der Waals surface area contributed by atoms with Gasteiger partial charge < -0.3 is 10.6 Å². The van der Waals surface area contributed by atoms with Gasteiger partial charge in [-0.3, -0.25) is 9.69 Å². The van der Waals surface area contributed by atoms with E-state index in [9.17, 15) is 4.79 Å². The third-order valence-electron chi connectivity index (χ3n) is 5.03. The van der Waals surface area contributed by atoms with Crippen LogP contribution in [0.25, 0.3) is 0 Å². The molecule has 1 fully saturated rings. The number of hydrogen-bond acceptors (Lipinski definition) is 3. The summed E-state index contributed by atoms with van der Waals surface area (Å²) in [6, 6.07) is 0. The van der Waals surface area contributed by atoms with Crippen LogP contribution in [-0.2, 0) is 4.79 Å². The number of amides is 1. The lowest BCUT2D eigenvalue weighted by molar-refractivity contribution is -0.134. The Kier molecular flexibility index (Phi) is 7.52. The first-order chi connectivity index (χ1) is 9.63. The molecule has 1 amide bonds. The normalized spacial score (nSPS) is 17.4. The van der Waals surface area contributed by atoms with Crippen LogP contribution in [0.1, 0.15) is 59.3 Å². The maximum atomic E-state index is 12.6. The molecule has 0 aliphatic carbocycles. The van der Waals surface area contributed by atoms with Gasteiger partial charge in [-0.2, -0.15) is 0 Å². The van der Waals surface area contributed by atoms with Crippen molar-refractivity contribution in [2.75, 3.05) is 32.7 Å². The van der Waals surface area contributed by atoms with Gasteiger partial charge in [0.2, 0.25) is 5.91 Å². The Morgan fingerprint density at radius 2 is 1.65 bits per heavy atom. The molecular weight excluding hydrogens is 250 g/mol. The first kappa shape index (κ1) is 17.4. The summed E-state index contributed by atoms with van der Waals surface area (Å²) in [6.07, 6.45) is 6.83. The monoisotopic (exact) mass is 283 g/mol. The van der Waals surface area contributed by atoms with E-state index in [1.165, 1.54) is 12.8 Å². The van der Waals surface area contributed by atoms with E-state index in [1.807, 2.05) is 0 Å². The smallest absolute Gasteiger partial charge is 0.236 e. The largest absolute Gasteiger partial charge is 0.342 e. The molecular formula is C16H33N3O. The van der Waals surface area contributed by atoms with Crippen LogP contribution in [0.3, 0.4) is 0 Å². The summed E-state index contributed by atoms with van der Waals surface area (Å²) in [5.41, 5.74) is 6.00. The number of carbonyl (C=O) groups is 1. The molecule has 1 rings (SSSR count). The van der Waals surface area contributed by atoms with Crippen molar-refractivity contribution >= 4 is 5.91 Å². The molecule has 0 bridgehead atoms. The first-order valence-electron chi connectivity index (χ1n) is 8.36. The van der Waals surface area contributed by atoms with Gasteiger partial charge in [0.05, 0.1) is 6.54 Å². The van der Waals surface area contributed by atoms with Gasteiger partial charge in [0.1, 0.15) is 0 Å². The van der Waals surface area contributed by atoms with Gasteiger partial charge >= 0.3 is 0 Å². The highest BCUT2D eigenvalue weighted by molar-refractivity contribution is 5.78. The topological polar surface area (TPSA) is 49.6 Å². The Hall–Kier alpha value is -0.610. The van der Waals surface area contributed by atoms with Crippen molar-refractivity contribution < 1.29 is 4.79 Å². The van der Waals surface area contributed by atoms with Crippen LogP contribution < -0.4 is 5.73 Å². The number of nitrogens with two attached hydrogens (primary N) is 1. The molecule has 0 atom stereocenters. The quantitative estimate of drug-likeness (QED) is 0.779. The zero-order valence-corrected chi connectivity index (χ0v) is 13.7. The van der Waals surface area contributed by atoms with Crippen molar-refractivity contribution in [1.82, 2.24) is 9.80 Å². The van der Waals surface area contributed by atoms with Crippen LogP contribution >= 0.6 is 0 Å². The number of carbonyl (C=O) groups excluding carboxylic acids is 1. The Morgan fingerprint density at radius 3 is 2.05 bits per heavy atom. The third-order valence-corrected chi connectivity index (χ3v) is 5.03. The summed E-state index contributed by atoms with van der Waals surface area (Å²) in [5, 5.41) is 0. The molecule has 1 heterocycles. The molecule has 20 heavy (non-hydrogen) atoms. The minimum Gasteiger partial charge on any atom is -0.342 e. The lowest BCUT2D eigenvalue weighted by Gasteiger charge is -2.42. The second-order valence-corrected chi connectivity index (χ2v) is 5.94. The van der Waals surface area contributed by atoms with Crippen molar-refractivity contribution in [3.8, 4) is 0 Å². The van der Waals surface area contributed by atoms with Crippen LogP contribution in [0.2, 0.25) is 0 Å². The summed E-state index contributed by atoms with van der Waals surface area (Å²) < 4.78 is 0. The Morgan fingerprint density at radius 1 is 1.10 bits per heavy atom. The molecule has 1 saturated heterocycles. The van der Waals surface area contributed by atoms with Gasteiger partial charge in [0.15, 0.2) is 0 Å². The number of rotatable bonds is 7. The van der Waals surface area contributed by atoms with Crippen molar-refractivity contribution in [3.63, 3.8) is 0 Å². The van der Waals surface area contributed by atoms with E-state index in [1.54, 1.807) is 0 Å². The molecule has 2 N–H and O–H groups in total. The van der Waals surface area contributed by atoms with E-state index >= 15 is 0 Å². The molecule has 0 aromatic carbocycles. The van der Waals surface area contributed by atoms with Gasteiger partial charge in [-0.1, -0.05) is 33.6 Å². The van der Waals surface area contributed by atoms with Crippen LogP contribution in [0.15, 0.2) is 0 Å². The molecule has 0 aromatic rings. The number of hydrogen-bond donors (Lipinski definition) is 1. The molecule has 4 nitrogen and oxygen atoms in total. The van der Waals surface area contributed by atoms with Crippen LogP contribution in [0.4, 0.5) is 0 Å². The van der Waals surface area contributed by atoms with E-state index in [4.69, 9.17) is 5.73 Å². The van der Waals surface area contributed by atoms with E-state index in [0.717, 1.165) is 45.3 Å². The lowest BCUT2D eigenvalue weighted by atomic mass is 9.90. The molecule has 0 aromatic heterocycles. The number of likely N-dealkylation sites (tertiary alicyclic amines) is 1. The van der Waals surface area contributed by atoms with Crippen molar-refractivity contribution in [1.29, 1.82) is 0 Å². The molecule has 1 aliphatic rings. The standard InChI is InChI=1S/C16H33N3O/c1-4-16(5-2,14-17)19(6-3)13-15(20)18-11-9-7-8-10-12-18/h4-14,17H2,1-3H3. The zero-order valence-electron chi connectivity index (χ0n) is 13.7. The highest BCUT2D eigenvalue weighted by atomic mass is 16.2. The molecule has 0 unspecified atom stereocenters. The van der Waals surface area contributed by atoms with Crippen LogP contribution in [0.5, 0.6) is 0 Å². The van der Waals surface area contributed by atoms with Gasteiger partial charge in [0.25, 0.3) is 0 Å². The third kappa shape index (κ3) is 4.19. The predicted molar refractivity (Wildman–Crippen MR) is 84.7 cm³/mol. The minimum absolute atomic E-state index is 0.0176. The number of nitrogens with zero attached hydrogens (tertiary/aromatic N) is 2. The van der Waals surface area contributed by atoms with Gasteiger partial charge in [-0.05, 0) is 32.2 Å². The van der Waals surface area contributed by atoms with Crippen molar-refractivity contribution in [2.24, 2.45) is 5.73 Å². The molecule has 0 saturated carbocycles. The van der Waals surface area contributed by atoms with E-state index in [2.05, 4.69) is 30.6 Å². The fourth-order valence-corrected chi connectivity index (χ4v) is 3.31. The Labute approximate surface area is 124 Å². The lowest BCUT2D eigenvalue weighted by Crippen LogP contribution is -2.56. The molecule has 0 radical (unpaired) electrons. The SMILES string of the molecule is CCN(CC(=O)N1CCCCCC1)C(CC)(CC)CN.